The number of amides is 1. The molecular weight excluding hydrogens is 251 g/mol. The van der Waals surface area contributed by atoms with Crippen LogP contribution in [0.25, 0.3) is 0 Å². The van der Waals surface area contributed by atoms with E-state index in [1.165, 1.54) is 6.07 Å². The Balaban J connectivity index is 1.80. The van der Waals surface area contributed by atoms with Crippen LogP contribution in [0.4, 0.5) is 10.1 Å². The molecule has 3 N–H and O–H groups in total. The van der Waals surface area contributed by atoms with Crippen LogP contribution in [0.5, 0.6) is 0 Å². The molecule has 0 spiro atoms. The lowest BCUT2D eigenvalue weighted by atomic mass is 10.2. The summed E-state index contributed by atoms with van der Waals surface area (Å²) in [6, 6.07) is 3.75. The molecule has 0 aromatic heterocycles. The topological polar surface area (TPSA) is 81.4 Å². The maximum atomic E-state index is 13.0. The van der Waals surface area contributed by atoms with Crippen LogP contribution in [0.2, 0.25) is 0 Å². The first kappa shape index (κ1) is 13.3. The maximum Gasteiger partial charge on any atom is 0.340 e. The summed E-state index contributed by atoms with van der Waals surface area (Å²) in [6.07, 6.45) is 2.11. The van der Waals surface area contributed by atoms with Gasteiger partial charge in [-0.05, 0) is 31.0 Å². The van der Waals surface area contributed by atoms with Crippen LogP contribution < -0.4 is 11.1 Å². The van der Waals surface area contributed by atoms with Crippen LogP contribution in [-0.2, 0) is 9.53 Å². The van der Waals surface area contributed by atoms with Gasteiger partial charge in [0.25, 0.3) is 0 Å². The fraction of sp³-hybridized carbons (Fsp3) is 0.385. The number of esters is 1. The zero-order valence-electron chi connectivity index (χ0n) is 10.3. The predicted octanol–water partition coefficient (Wildman–Crippen LogP) is 1.23. The maximum absolute atomic E-state index is 13.0. The van der Waals surface area contributed by atoms with Crippen molar-refractivity contribution in [3.8, 4) is 0 Å². The van der Waals surface area contributed by atoms with Crippen molar-refractivity contribution in [1.29, 1.82) is 0 Å². The molecule has 0 heterocycles. The van der Waals surface area contributed by atoms with Crippen LogP contribution in [-0.4, -0.2) is 24.5 Å². The fourth-order valence-electron chi connectivity index (χ4n) is 1.55. The number of anilines is 1. The number of carbonyl (C=O) groups is 2. The molecule has 0 bridgehead atoms. The van der Waals surface area contributed by atoms with E-state index in [4.69, 9.17) is 10.5 Å². The van der Waals surface area contributed by atoms with Crippen molar-refractivity contribution in [1.82, 2.24) is 5.32 Å². The lowest BCUT2D eigenvalue weighted by Gasteiger charge is -2.07. The number of hydrogen-bond acceptors (Lipinski definition) is 4. The minimum absolute atomic E-state index is 0.0254. The van der Waals surface area contributed by atoms with Crippen molar-refractivity contribution in [3.63, 3.8) is 0 Å². The molecule has 1 aromatic rings. The van der Waals surface area contributed by atoms with E-state index < -0.39 is 11.8 Å². The molecule has 0 atom stereocenters. The van der Waals surface area contributed by atoms with Gasteiger partial charge in [-0.15, -0.1) is 0 Å². The molecule has 1 fully saturated rings. The number of nitrogens with two attached hydrogens (primary N) is 1. The number of halogens is 1. The van der Waals surface area contributed by atoms with E-state index >= 15 is 0 Å². The quantitative estimate of drug-likeness (QED) is 0.620. The summed E-state index contributed by atoms with van der Waals surface area (Å²) in [4.78, 5) is 23.0. The second kappa shape index (κ2) is 5.69. The van der Waals surface area contributed by atoms with Crippen LogP contribution >= 0.6 is 0 Å². The smallest absolute Gasteiger partial charge is 0.340 e. The van der Waals surface area contributed by atoms with Crippen LogP contribution in [0.1, 0.15) is 29.6 Å². The summed E-state index contributed by atoms with van der Waals surface area (Å²) < 4.78 is 17.9. The Labute approximate surface area is 109 Å². The monoisotopic (exact) mass is 266 g/mol. The minimum atomic E-state index is -0.726. The largest absolute Gasteiger partial charge is 0.461 e. The van der Waals surface area contributed by atoms with E-state index in [1.54, 1.807) is 0 Å². The van der Waals surface area contributed by atoms with Crippen LogP contribution in [0, 0.1) is 5.82 Å². The summed E-state index contributed by atoms with van der Waals surface area (Å²) in [5, 5.41) is 2.77. The molecule has 1 amide bonds. The highest BCUT2D eigenvalue weighted by atomic mass is 19.1. The molecule has 0 saturated heterocycles. The number of carbonyl (C=O) groups excluding carboxylic acids is 2. The third-order valence-corrected chi connectivity index (χ3v) is 2.74. The van der Waals surface area contributed by atoms with Crippen molar-refractivity contribution in [2.75, 3.05) is 12.3 Å². The SMILES string of the molecule is Nc1ccc(F)cc1C(=O)OCCC(=O)NC1CC1. The second-order valence-electron chi connectivity index (χ2n) is 4.46. The van der Waals surface area contributed by atoms with Gasteiger partial charge in [-0.1, -0.05) is 0 Å². The fourth-order valence-corrected chi connectivity index (χ4v) is 1.55. The molecule has 0 unspecified atom stereocenters. The number of benzene rings is 1. The molecule has 1 saturated carbocycles. The predicted molar refractivity (Wildman–Crippen MR) is 66.9 cm³/mol. The Kier molecular flexibility index (Phi) is 3.99. The molecule has 0 aliphatic heterocycles. The Morgan fingerprint density at radius 1 is 1.42 bits per heavy atom. The van der Waals surface area contributed by atoms with Gasteiger partial charge in [-0.3, -0.25) is 4.79 Å². The summed E-state index contributed by atoms with van der Waals surface area (Å²) in [7, 11) is 0. The van der Waals surface area contributed by atoms with Gasteiger partial charge in [0.05, 0.1) is 12.0 Å². The number of rotatable bonds is 5. The highest BCUT2D eigenvalue weighted by Gasteiger charge is 2.23. The molecule has 2 rings (SSSR count). The number of hydrogen-bond donors (Lipinski definition) is 2. The second-order valence-corrected chi connectivity index (χ2v) is 4.46. The van der Waals surface area contributed by atoms with E-state index in [0.717, 1.165) is 25.0 Å². The Morgan fingerprint density at radius 2 is 2.16 bits per heavy atom. The molecule has 5 nitrogen and oxygen atoms in total. The molecule has 19 heavy (non-hydrogen) atoms. The van der Waals surface area contributed by atoms with Gasteiger partial charge in [0.1, 0.15) is 12.4 Å². The van der Waals surface area contributed by atoms with E-state index in [9.17, 15) is 14.0 Å². The van der Waals surface area contributed by atoms with Gasteiger partial charge in [-0.2, -0.15) is 0 Å². The molecule has 102 valence electrons. The van der Waals surface area contributed by atoms with Gasteiger partial charge in [-0.25, -0.2) is 9.18 Å². The van der Waals surface area contributed by atoms with Crippen LogP contribution in [0.15, 0.2) is 18.2 Å². The molecule has 6 heteroatoms. The Morgan fingerprint density at radius 3 is 2.84 bits per heavy atom. The van der Waals surface area contributed by atoms with E-state index in [0.29, 0.717) is 0 Å². The van der Waals surface area contributed by atoms with Gasteiger partial charge in [0.2, 0.25) is 5.91 Å². The van der Waals surface area contributed by atoms with Gasteiger partial charge in [0, 0.05) is 11.7 Å². The van der Waals surface area contributed by atoms with Gasteiger partial charge < -0.3 is 15.8 Å². The number of ether oxygens (including phenoxy) is 1. The lowest BCUT2D eigenvalue weighted by Crippen LogP contribution is -2.26. The Bertz CT molecular complexity index is 501. The van der Waals surface area contributed by atoms with E-state index in [1.807, 2.05) is 0 Å². The number of nitrogens with one attached hydrogen (secondary N) is 1. The zero-order valence-corrected chi connectivity index (χ0v) is 10.3. The first-order chi connectivity index (χ1) is 9.06. The highest BCUT2D eigenvalue weighted by molar-refractivity contribution is 5.95. The summed E-state index contributed by atoms with van der Waals surface area (Å²) in [5.41, 5.74) is 5.67. The van der Waals surface area contributed by atoms with Crippen LogP contribution in [0.3, 0.4) is 0 Å². The number of nitrogen functional groups attached to an aromatic ring is 1. The van der Waals surface area contributed by atoms with Gasteiger partial charge in [0.15, 0.2) is 0 Å². The average Bonchev–Trinajstić information content (AvgIpc) is 3.16. The molecule has 1 aliphatic rings. The van der Waals surface area contributed by atoms with Gasteiger partial charge >= 0.3 is 5.97 Å². The van der Waals surface area contributed by atoms with Crippen molar-refractivity contribution in [2.45, 2.75) is 25.3 Å². The first-order valence-corrected chi connectivity index (χ1v) is 6.08. The summed E-state index contributed by atoms with van der Waals surface area (Å²) in [5.74, 6) is -1.44. The summed E-state index contributed by atoms with van der Waals surface area (Å²) >= 11 is 0. The lowest BCUT2D eigenvalue weighted by molar-refractivity contribution is -0.121. The van der Waals surface area contributed by atoms with E-state index in [2.05, 4.69) is 5.32 Å². The normalized spacial score (nSPS) is 13.9. The third kappa shape index (κ3) is 3.94. The van der Waals surface area contributed by atoms with Crippen molar-refractivity contribution in [3.05, 3.63) is 29.6 Å². The van der Waals surface area contributed by atoms with Crippen molar-refractivity contribution >= 4 is 17.6 Å². The Hall–Kier alpha value is -2.11. The van der Waals surface area contributed by atoms with E-state index in [-0.39, 0.29) is 36.2 Å². The molecule has 1 aliphatic carbocycles. The van der Waals surface area contributed by atoms with Crippen molar-refractivity contribution in [2.24, 2.45) is 0 Å². The van der Waals surface area contributed by atoms with Crippen molar-refractivity contribution < 1.29 is 18.7 Å². The minimum Gasteiger partial charge on any atom is -0.461 e. The summed E-state index contributed by atoms with van der Waals surface area (Å²) in [6.45, 7) is -0.0483. The first-order valence-electron chi connectivity index (χ1n) is 6.08. The molecule has 0 radical (unpaired) electrons. The molecule has 1 aromatic carbocycles. The average molecular weight is 266 g/mol. The zero-order chi connectivity index (χ0) is 13.8. The highest BCUT2D eigenvalue weighted by Crippen LogP contribution is 2.18. The third-order valence-electron chi connectivity index (χ3n) is 2.74. The standard InChI is InChI=1S/C13H15FN2O3/c14-8-1-4-11(15)10(7-8)13(18)19-6-5-12(17)16-9-2-3-9/h1,4,7,9H,2-3,5-6,15H2,(H,16,17). The molecular formula is C13H15FN2O3.